The second kappa shape index (κ2) is 10.7. The number of hydrogen-bond acceptors (Lipinski definition) is 8. The SMILES string of the molecule is CCSc1nc(N2CCCCC2)c2cnn(CCNC(=O)c3cc(OC)cc(OC)c3)c2n1. The third-order valence-corrected chi connectivity index (χ3v) is 6.34. The van der Waals surface area contributed by atoms with Crippen LogP contribution >= 0.6 is 11.8 Å². The Balaban J connectivity index is 1.51. The summed E-state index contributed by atoms with van der Waals surface area (Å²) in [6, 6.07) is 5.11. The molecule has 0 aliphatic carbocycles. The van der Waals surface area contributed by atoms with Crippen molar-refractivity contribution in [2.75, 3.05) is 44.5 Å². The van der Waals surface area contributed by atoms with E-state index in [0.29, 0.717) is 30.2 Å². The van der Waals surface area contributed by atoms with E-state index in [0.717, 1.165) is 40.9 Å². The maximum absolute atomic E-state index is 12.7. The van der Waals surface area contributed by atoms with Crippen molar-refractivity contribution in [3.05, 3.63) is 30.0 Å². The lowest BCUT2D eigenvalue weighted by atomic mass is 10.1. The van der Waals surface area contributed by atoms with Crippen molar-refractivity contribution >= 4 is 34.5 Å². The number of piperidine rings is 1. The number of aromatic nitrogens is 4. The summed E-state index contributed by atoms with van der Waals surface area (Å²) >= 11 is 1.63. The molecular formula is C23H30N6O3S. The van der Waals surface area contributed by atoms with Gasteiger partial charge < -0.3 is 19.7 Å². The molecule has 0 saturated carbocycles. The molecule has 2 aromatic heterocycles. The molecule has 1 aromatic carbocycles. The first-order valence-electron chi connectivity index (χ1n) is 11.3. The van der Waals surface area contributed by atoms with E-state index in [2.05, 4.69) is 22.2 Å². The Kier molecular flexibility index (Phi) is 7.54. The first kappa shape index (κ1) is 23.2. The van der Waals surface area contributed by atoms with Gasteiger partial charge in [-0.3, -0.25) is 4.79 Å². The highest BCUT2D eigenvalue weighted by Crippen LogP contribution is 2.29. The summed E-state index contributed by atoms with van der Waals surface area (Å²) in [7, 11) is 3.12. The summed E-state index contributed by atoms with van der Waals surface area (Å²) in [5.41, 5.74) is 1.28. The van der Waals surface area contributed by atoms with E-state index in [1.54, 1.807) is 44.2 Å². The van der Waals surface area contributed by atoms with Crippen molar-refractivity contribution in [1.29, 1.82) is 0 Å². The van der Waals surface area contributed by atoms with Crippen LogP contribution in [0, 0.1) is 0 Å². The number of ether oxygens (including phenoxy) is 2. The molecule has 0 radical (unpaired) electrons. The molecule has 1 aliphatic rings. The van der Waals surface area contributed by atoms with Gasteiger partial charge in [0.25, 0.3) is 5.91 Å². The quantitative estimate of drug-likeness (QED) is 0.376. The molecule has 4 rings (SSSR count). The number of carbonyl (C=O) groups is 1. The molecule has 0 spiro atoms. The minimum absolute atomic E-state index is 0.200. The van der Waals surface area contributed by atoms with Gasteiger partial charge in [-0.25, -0.2) is 14.6 Å². The highest BCUT2D eigenvalue weighted by atomic mass is 32.2. The zero-order chi connectivity index (χ0) is 23.2. The minimum Gasteiger partial charge on any atom is -0.497 e. The molecule has 10 heteroatoms. The molecule has 176 valence electrons. The van der Waals surface area contributed by atoms with Gasteiger partial charge in [0.2, 0.25) is 0 Å². The van der Waals surface area contributed by atoms with Crippen LogP contribution in [0.25, 0.3) is 11.0 Å². The molecule has 0 bridgehead atoms. The van der Waals surface area contributed by atoms with Gasteiger partial charge in [-0.2, -0.15) is 5.10 Å². The van der Waals surface area contributed by atoms with Gasteiger partial charge in [0.05, 0.1) is 32.3 Å². The fourth-order valence-electron chi connectivity index (χ4n) is 3.94. The Morgan fingerprint density at radius 2 is 1.82 bits per heavy atom. The first-order valence-corrected chi connectivity index (χ1v) is 12.2. The van der Waals surface area contributed by atoms with E-state index in [4.69, 9.17) is 19.4 Å². The summed E-state index contributed by atoms with van der Waals surface area (Å²) in [5.74, 6) is 2.81. The highest BCUT2D eigenvalue weighted by molar-refractivity contribution is 7.99. The Hall–Kier alpha value is -3.01. The molecule has 1 fully saturated rings. The molecule has 1 amide bonds. The number of anilines is 1. The second-order valence-electron chi connectivity index (χ2n) is 7.77. The average molecular weight is 471 g/mol. The van der Waals surface area contributed by atoms with Crippen LogP contribution in [-0.4, -0.2) is 65.3 Å². The van der Waals surface area contributed by atoms with Crippen LogP contribution < -0.4 is 19.7 Å². The predicted molar refractivity (Wildman–Crippen MR) is 130 cm³/mol. The van der Waals surface area contributed by atoms with E-state index >= 15 is 0 Å². The Bertz CT molecular complexity index is 1090. The maximum Gasteiger partial charge on any atom is 0.251 e. The first-order chi connectivity index (χ1) is 16.1. The number of benzene rings is 1. The topological polar surface area (TPSA) is 94.4 Å². The average Bonchev–Trinajstić information content (AvgIpc) is 3.26. The molecule has 0 unspecified atom stereocenters. The van der Waals surface area contributed by atoms with E-state index in [9.17, 15) is 4.79 Å². The summed E-state index contributed by atoms with van der Waals surface area (Å²) in [6.07, 6.45) is 5.46. The van der Waals surface area contributed by atoms with Crippen molar-refractivity contribution in [3.8, 4) is 11.5 Å². The molecule has 1 aliphatic heterocycles. The Labute approximate surface area is 197 Å². The number of nitrogens with zero attached hydrogens (tertiary/aromatic N) is 5. The van der Waals surface area contributed by atoms with E-state index in [1.807, 2.05) is 10.9 Å². The van der Waals surface area contributed by atoms with E-state index in [-0.39, 0.29) is 5.91 Å². The number of fused-ring (bicyclic) bond motifs is 1. The van der Waals surface area contributed by atoms with Crippen LogP contribution in [0.3, 0.4) is 0 Å². The highest BCUT2D eigenvalue weighted by Gasteiger charge is 2.20. The zero-order valence-corrected chi connectivity index (χ0v) is 20.2. The third-order valence-electron chi connectivity index (χ3n) is 5.61. The van der Waals surface area contributed by atoms with E-state index in [1.165, 1.54) is 19.3 Å². The van der Waals surface area contributed by atoms with Crippen LogP contribution in [0.5, 0.6) is 11.5 Å². The van der Waals surface area contributed by atoms with Gasteiger partial charge in [-0.15, -0.1) is 0 Å². The smallest absolute Gasteiger partial charge is 0.251 e. The molecule has 3 aromatic rings. The van der Waals surface area contributed by atoms with Crippen LogP contribution in [0.15, 0.2) is 29.6 Å². The normalized spacial score (nSPS) is 13.8. The number of nitrogens with one attached hydrogen (secondary N) is 1. The Morgan fingerprint density at radius 3 is 2.48 bits per heavy atom. The number of rotatable bonds is 9. The van der Waals surface area contributed by atoms with Gasteiger partial charge in [0.1, 0.15) is 17.3 Å². The lowest BCUT2D eigenvalue weighted by Crippen LogP contribution is -2.30. The van der Waals surface area contributed by atoms with Crippen LogP contribution in [-0.2, 0) is 6.54 Å². The fourth-order valence-corrected chi connectivity index (χ4v) is 4.50. The van der Waals surface area contributed by atoms with Crippen molar-refractivity contribution in [3.63, 3.8) is 0 Å². The molecule has 0 atom stereocenters. The van der Waals surface area contributed by atoms with Gasteiger partial charge in [0.15, 0.2) is 10.8 Å². The molecule has 3 heterocycles. The van der Waals surface area contributed by atoms with Gasteiger partial charge in [0, 0.05) is 31.3 Å². The second-order valence-corrected chi connectivity index (χ2v) is 9.00. The number of methoxy groups -OCH3 is 2. The molecule has 33 heavy (non-hydrogen) atoms. The van der Waals surface area contributed by atoms with E-state index < -0.39 is 0 Å². The number of thioether (sulfide) groups is 1. The lowest BCUT2D eigenvalue weighted by Gasteiger charge is -2.28. The van der Waals surface area contributed by atoms with Gasteiger partial charge in [-0.1, -0.05) is 18.7 Å². The van der Waals surface area contributed by atoms with Crippen molar-refractivity contribution in [2.45, 2.75) is 37.9 Å². The summed E-state index contributed by atoms with van der Waals surface area (Å²) in [6.45, 7) is 5.03. The predicted octanol–water partition coefficient (Wildman–Crippen LogP) is 3.38. The largest absolute Gasteiger partial charge is 0.497 e. The Morgan fingerprint density at radius 1 is 1.09 bits per heavy atom. The number of amides is 1. The van der Waals surface area contributed by atoms with Gasteiger partial charge in [-0.05, 0) is 37.1 Å². The van der Waals surface area contributed by atoms with Crippen molar-refractivity contribution in [1.82, 2.24) is 25.1 Å². The van der Waals surface area contributed by atoms with Crippen LogP contribution in [0.1, 0.15) is 36.5 Å². The summed E-state index contributed by atoms with van der Waals surface area (Å²) in [4.78, 5) is 24.6. The van der Waals surface area contributed by atoms with Crippen LogP contribution in [0.2, 0.25) is 0 Å². The molecule has 1 N–H and O–H groups in total. The monoisotopic (exact) mass is 470 g/mol. The summed E-state index contributed by atoms with van der Waals surface area (Å²) in [5, 5.41) is 9.24. The van der Waals surface area contributed by atoms with Gasteiger partial charge >= 0.3 is 0 Å². The zero-order valence-electron chi connectivity index (χ0n) is 19.3. The maximum atomic E-state index is 12.7. The van der Waals surface area contributed by atoms with Crippen molar-refractivity contribution < 1.29 is 14.3 Å². The molecule has 9 nitrogen and oxygen atoms in total. The van der Waals surface area contributed by atoms with Crippen LogP contribution in [0.4, 0.5) is 5.82 Å². The number of carbonyl (C=O) groups excluding carboxylic acids is 1. The lowest BCUT2D eigenvalue weighted by molar-refractivity contribution is 0.0951. The third kappa shape index (κ3) is 5.32. The standard InChI is InChI=1S/C23H30N6O3S/c1-4-33-23-26-20(28-9-6-5-7-10-28)19-15-25-29(21(19)27-23)11-8-24-22(30)16-12-17(31-2)14-18(13-16)32-3/h12-15H,4-11H2,1-3H3,(H,24,30). The summed E-state index contributed by atoms with van der Waals surface area (Å²) < 4.78 is 12.4. The van der Waals surface area contributed by atoms with Crippen molar-refractivity contribution in [2.24, 2.45) is 0 Å². The number of hydrogen-bond donors (Lipinski definition) is 1. The molecular weight excluding hydrogens is 440 g/mol. The minimum atomic E-state index is -0.200. The fraction of sp³-hybridized carbons (Fsp3) is 0.478. The molecule has 1 saturated heterocycles.